The third-order valence-electron chi connectivity index (χ3n) is 4.48. The molecule has 2 fully saturated rings. The second-order valence-corrected chi connectivity index (χ2v) is 7.96. The van der Waals surface area contributed by atoms with E-state index >= 15 is 0 Å². The maximum Gasteiger partial charge on any atom is 0.0302 e. The molecule has 0 aromatic carbocycles. The monoisotopic (exact) mass is 278 g/mol. The summed E-state index contributed by atoms with van der Waals surface area (Å²) in [5, 5.41) is 3.61. The van der Waals surface area contributed by atoms with Crippen LogP contribution in [-0.2, 0) is 13.1 Å². The fraction of sp³-hybridized carbons (Fsp3) is 0.750. The maximum absolute atomic E-state index is 3.61. The van der Waals surface area contributed by atoms with E-state index in [1.807, 2.05) is 11.3 Å². The number of nitrogens with zero attached hydrogens (tertiary/aromatic N) is 1. The summed E-state index contributed by atoms with van der Waals surface area (Å²) in [6, 6.07) is 3.23. The molecule has 0 amide bonds. The normalized spacial score (nSPS) is 26.1. The van der Waals surface area contributed by atoms with E-state index in [2.05, 4.69) is 37.2 Å². The van der Waals surface area contributed by atoms with Gasteiger partial charge < -0.3 is 10.2 Å². The van der Waals surface area contributed by atoms with Crippen LogP contribution < -0.4 is 5.32 Å². The molecule has 2 aliphatic rings. The summed E-state index contributed by atoms with van der Waals surface area (Å²) in [6.07, 6.45) is 4.18. The first-order valence-corrected chi connectivity index (χ1v) is 8.43. The lowest BCUT2D eigenvalue weighted by Crippen LogP contribution is -2.21. The minimum Gasteiger partial charge on any atom is -0.309 e. The second kappa shape index (κ2) is 5.55. The van der Waals surface area contributed by atoms with Crippen molar-refractivity contribution in [2.45, 2.75) is 52.2 Å². The van der Waals surface area contributed by atoms with Crippen LogP contribution >= 0.6 is 11.3 Å². The largest absolute Gasteiger partial charge is 0.309 e. The van der Waals surface area contributed by atoms with Crippen LogP contribution in [0.3, 0.4) is 0 Å². The highest BCUT2D eigenvalue weighted by molar-refractivity contribution is 7.12. The van der Waals surface area contributed by atoms with Gasteiger partial charge in [0.2, 0.25) is 0 Å². The number of hydrogen-bond donors (Lipinski definition) is 1. The van der Waals surface area contributed by atoms with Gasteiger partial charge in [0.25, 0.3) is 0 Å². The Balaban J connectivity index is 1.50. The molecule has 0 radical (unpaired) electrons. The van der Waals surface area contributed by atoms with Crippen molar-refractivity contribution in [3.63, 3.8) is 0 Å². The summed E-state index contributed by atoms with van der Waals surface area (Å²) < 4.78 is 0. The molecule has 1 heterocycles. The van der Waals surface area contributed by atoms with Gasteiger partial charge in [-0.25, -0.2) is 0 Å². The van der Waals surface area contributed by atoms with Crippen molar-refractivity contribution in [3.05, 3.63) is 21.4 Å². The van der Waals surface area contributed by atoms with Gasteiger partial charge in [0.15, 0.2) is 0 Å². The number of rotatable bonds is 7. The standard InChI is InChI=1S/C16H26N2S/c1-11-6-13(11)9-18(3)10-14-7-16(19-12(14)2)8-17-15-4-5-15/h7,11,13,15,17H,4-6,8-10H2,1-3H3. The zero-order valence-corrected chi connectivity index (χ0v) is 13.2. The molecule has 1 N–H and O–H groups in total. The van der Waals surface area contributed by atoms with Crippen LogP contribution in [0.5, 0.6) is 0 Å². The first kappa shape index (κ1) is 13.6. The second-order valence-electron chi connectivity index (χ2n) is 6.62. The summed E-state index contributed by atoms with van der Waals surface area (Å²) >= 11 is 1.97. The summed E-state index contributed by atoms with van der Waals surface area (Å²) in [7, 11) is 2.27. The van der Waals surface area contributed by atoms with Gasteiger partial charge in [-0.15, -0.1) is 11.3 Å². The Morgan fingerprint density at radius 3 is 2.79 bits per heavy atom. The number of thiophene rings is 1. The highest BCUT2D eigenvalue weighted by Gasteiger charge is 2.33. The molecule has 2 saturated carbocycles. The van der Waals surface area contributed by atoms with Crippen LogP contribution in [0, 0.1) is 18.8 Å². The molecule has 3 heteroatoms. The minimum atomic E-state index is 0.810. The molecule has 0 saturated heterocycles. The first-order chi connectivity index (χ1) is 9.11. The van der Waals surface area contributed by atoms with E-state index in [-0.39, 0.29) is 0 Å². The van der Waals surface area contributed by atoms with Crippen LogP contribution in [0.1, 0.15) is 41.5 Å². The van der Waals surface area contributed by atoms with Crippen LogP contribution in [-0.4, -0.2) is 24.5 Å². The third-order valence-corrected chi connectivity index (χ3v) is 5.57. The van der Waals surface area contributed by atoms with E-state index in [0.717, 1.165) is 31.0 Å². The van der Waals surface area contributed by atoms with Gasteiger partial charge in [-0.3, -0.25) is 0 Å². The fourth-order valence-electron chi connectivity index (χ4n) is 2.77. The average molecular weight is 278 g/mol. The lowest BCUT2D eigenvalue weighted by atomic mass is 10.2. The predicted octanol–water partition coefficient (Wildman–Crippen LogP) is 3.40. The summed E-state index contributed by atoms with van der Waals surface area (Å²) in [5.41, 5.74) is 1.54. The zero-order valence-electron chi connectivity index (χ0n) is 12.4. The van der Waals surface area contributed by atoms with Crippen molar-refractivity contribution < 1.29 is 0 Å². The maximum atomic E-state index is 3.61. The van der Waals surface area contributed by atoms with Crippen molar-refractivity contribution >= 4 is 11.3 Å². The Labute approximate surface area is 121 Å². The molecule has 19 heavy (non-hydrogen) atoms. The van der Waals surface area contributed by atoms with E-state index in [0.29, 0.717) is 0 Å². The highest BCUT2D eigenvalue weighted by atomic mass is 32.1. The Bertz CT molecular complexity index is 436. The molecule has 2 unspecified atom stereocenters. The molecule has 0 aliphatic heterocycles. The van der Waals surface area contributed by atoms with Gasteiger partial charge in [-0.05, 0) is 56.7 Å². The van der Waals surface area contributed by atoms with Gasteiger partial charge in [-0.1, -0.05) is 6.92 Å². The summed E-state index contributed by atoms with van der Waals surface area (Å²) in [5.74, 6) is 1.92. The Morgan fingerprint density at radius 2 is 2.16 bits per heavy atom. The Kier molecular flexibility index (Phi) is 3.97. The molecule has 0 bridgehead atoms. The Morgan fingerprint density at radius 1 is 1.42 bits per heavy atom. The summed E-state index contributed by atoms with van der Waals surface area (Å²) in [4.78, 5) is 5.51. The molecule has 106 valence electrons. The zero-order chi connectivity index (χ0) is 13.4. The predicted molar refractivity (Wildman–Crippen MR) is 82.5 cm³/mol. The van der Waals surface area contributed by atoms with Crippen molar-refractivity contribution in [2.24, 2.45) is 11.8 Å². The summed E-state index contributed by atoms with van der Waals surface area (Å²) in [6.45, 7) is 8.10. The first-order valence-electron chi connectivity index (χ1n) is 7.62. The molecular weight excluding hydrogens is 252 g/mol. The molecule has 3 rings (SSSR count). The van der Waals surface area contributed by atoms with E-state index in [1.165, 1.54) is 41.1 Å². The number of aryl methyl sites for hydroxylation is 1. The van der Waals surface area contributed by atoms with Gasteiger partial charge >= 0.3 is 0 Å². The van der Waals surface area contributed by atoms with E-state index in [1.54, 1.807) is 0 Å². The molecule has 0 spiro atoms. The lowest BCUT2D eigenvalue weighted by Gasteiger charge is -2.16. The Hall–Kier alpha value is -0.380. The quantitative estimate of drug-likeness (QED) is 0.822. The van der Waals surface area contributed by atoms with Crippen LogP contribution in [0.15, 0.2) is 6.07 Å². The minimum absolute atomic E-state index is 0.810. The fourth-order valence-corrected chi connectivity index (χ4v) is 3.78. The van der Waals surface area contributed by atoms with Gasteiger partial charge in [0, 0.05) is 35.4 Å². The SMILES string of the molecule is Cc1sc(CNC2CC2)cc1CN(C)CC1CC1C. The molecule has 1 aromatic heterocycles. The van der Waals surface area contributed by atoms with Crippen LogP contribution in [0.2, 0.25) is 0 Å². The molecule has 2 nitrogen and oxygen atoms in total. The number of hydrogen-bond acceptors (Lipinski definition) is 3. The molecular formula is C16H26N2S. The van der Waals surface area contributed by atoms with E-state index in [9.17, 15) is 0 Å². The molecule has 1 aromatic rings. The van der Waals surface area contributed by atoms with Gasteiger partial charge in [0.05, 0.1) is 0 Å². The smallest absolute Gasteiger partial charge is 0.0302 e. The number of nitrogens with one attached hydrogen (secondary N) is 1. The average Bonchev–Trinajstić information content (AvgIpc) is 3.24. The highest BCUT2D eigenvalue weighted by Crippen LogP contribution is 2.38. The third kappa shape index (κ3) is 3.80. The van der Waals surface area contributed by atoms with Crippen molar-refractivity contribution in [3.8, 4) is 0 Å². The lowest BCUT2D eigenvalue weighted by molar-refractivity contribution is 0.307. The molecule has 2 atom stereocenters. The van der Waals surface area contributed by atoms with Gasteiger partial charge in [0.1, 0.15) is 0 Å². The van der Waals surface area contributed by atoms with Crippen molar-refractivity contribution in [1.82, 2.24) is 10.2 Å². The topological polar surface area (TPSA) is 15.3 Å². The van der Waals surface area contributed by atoms with Crippen LogP contribution in [0.25, 0.3) is 0 Å². The van der Waals surface area contributed by atoms with Crippen LogP contribution in [0.4, 0.5) is 0 Å². The van der Waals surface area contributed by atoms with Gasteiger partial charge in [-0.2, -0.15) is 0 Å². The van der Waals surface area contributed by atoms with E-state index < -0.39 is 0 Å². The van der Waals surface area contributed by atoms with Crippen molar-refractivity contribution in [2.75, 3.05) is 13.6 Å². The molecule has 2 aliphatic carbocycles. The van der Waals surface area contributed by atoms with Crippen molar-refractivity contribution in [1.29, 1.82) is 0 Å². The van der Waals surface area contributed by atoms with E-state index in [4.69, 9.17) is 0 Å².